The number of carbonyl (C=O) groups excluding carboxylic acids is 1. The molecule has 1 aromatic rings. The van der Waals surface area contributed by atoms with E-state index in [4.69, 9.17) is 5.26 Å². The molecule has 0 aliphatic rings. The van der Waals surface area contributed by atoms with Crippen LogP contribution in [0.2, 0.25) is 0 Å². The fourth-order valence-corrected chi connectivity index (χ4v) is 1.65. The molecule has 0 saturated carbocycles. The monoisotopic (exact) mass is 216 g/mol. The highest BCUT2D eigenvalue weighted by Gasteiger charge is 2.10. The normalized spacial score (nSPS) is 11.5. The molecule has 16 heavy (non-hydrogen) atoms. The van der Waals surface area contributed by atoms with Crippen LogP contribution in [-0.4, -0.2) is 11.9 Å². The lowest BCUT2D eigenvalue weighted by molar-refractivity contribution is -0.119. The molecule has 0 aliphatic carbocycles. The topological polar surface area (TPSA) is 52.9 Å². The van der Waals surface area contributed by atoms with Crippen molar-refractivity contribution < 1.29 is 4.79 Å². The second-order valence-corrected chi connectivity index (χ2v) is 3.78. The van der Waals surface area contributed by atoms with Crippen molar-refractivity contribution in [2.75, 3.05) is 0 Å². The standard InChI is InChI=1S/C13H16N2O/c1-11(16)15-13(8-5-9-14)10-12-6-3-2-4-7-12/h2-4,6-7,13H,5,8,10H2,1H3,(H,15,16). The Morgan fingerprint density at radius 3 is 2.69 bits per heavy atom. The first-order chi connectivity index (χ1) is 7.72. The van der Waals surface area contributed by atoms with Crippen LogP contribution in [0.4, 0.5) is 0 Å². The first-order valence-electron chi connectivity index (χ1n) is 5.40. The highest BCUT2D eigenvalue weighted by atomic mass is 16.1. The molecule has 0 bridgehead atoms. The van der Waals surface area contributed by atoms with E-state index < -0.39 is 0 Å². The average Bonchev–Trinajstić information content (AvgIpc) is 2.26. The van der Waals surface area contributed by atoms with Gasteiger partial charge in [-0.25, -0.2) is 0 Å². The van der Waals surface area contributed by atoms with E-state index >= 15 is 0 Å². The Bertz CT molecular complexity index is 367. The number of nitriles is 1. The summed E-state index contributed by atoms with van der Waals surface area (Å²) in [6, 6.07) is 12.1. The maximum absolute atomic E-state index is 11.0. The molecule has 1 atom stereocenters. The first-order valence-corrected chi connectivity index (χ1v) is 5.40. The van der Waals surface area contributed by atoms with Crippen molar-refractivity contribution in [3.8, 4) is 6.07 Å². The zero-order chi connectivity index (χ0) is 11.8. The van der Waals surface area contributed by atoms with Crippen LogP contribution in [0.5, 0.6) is 0 Å². The summed E-state index contributed by atoms with van der Waals surface area (Å²) in [6.45, 7) is 1.50. The van der Waals surface area contributed by atoms with Crippen LogP contribution in [0, 0.1) is 11.3 Å². The third-order valence-corrected chi connectivity index (χ3v) is 2.34. The molecule has 1 amide bonds. The van der Waals surface area contributed by atoms with Crippen molar-refractivity contribution in [2.24, 2.45) is 0 Å². The van der Waals surface area contributed by atoms with Crippen LogP contribution in [0.25, 0.3) is 0 Å². The van der Waals surface area contributed by atoms with Gasteiger partial charge in [-0.05, 0) is 18.4 Å². The summed E-state index contributed by atoms with van der Waals surface area (Å²) < 4.78 is 0. The van der Waals surface area contributed by atoms with Gasteiger partial charge >= 0.3 is 0 Å². The number of amides is 1. The van der Waals surface area contributed by atoms with Crippen molar-refractivity contribution in [3.05, 3.63) is 35.9 Å². The molecule has 0 aliphatic heterocycles. The summed E-state index contributed by atoms with van der Waals surface area (Å²) in [5, 5.41) is 11.4. The van der Waals surface area contributed by atoms with Crippen LogP contribution in [-0.2, 0) is 11.2 Å². The van der Waals surface area contributed by atoms with Crippen LogP contribution >= 0.6 is 0 Å². The number of nitrogens with one attached hydrogen (secondary N) is 1. The summed E-state index contributed by atoms with van der Waals surface area (Å²) in [6.07, 6.45) is 1.95. The van der Waals surface area contributed by atoms with Gasteiger partial charge in [-0.15, -0.1) is 0 Å². The van der Waals surface area contributed by atoms with Crippen molar-refractivity contribution in [1.29, 1.82) is 5.26 Å². The second kappa shape index (κ2) is 6.62. The maximum atomic E-state index is 11.0. The molecule has 1 rings (SSSR count). The number of rotatable bonds is 5. The van der Waals surface area contributed by atoms with Crippen LogP contribution in [0.15, 0.2) is 30.3 Å². The van der Waals surface area contributed by atoms with Gasteiger partial charge in [-0.2, -0.15) is 5.26 Å². The lowest BCUT2D eigenvalue weighted by atomic mass is 10.0. The molecule has 0 heterocycles. The van der Waals surface area contributed by atoms with Gasteiger partial charge in [0, 0.05) is 19.4 Å². The Labute approximate surface area is 96.1 Å². The average molecular weight is 216 g/mol. The lowest BCUT2D eigenvalue weighted by Crippen LogP contribution is -2.34. The fraction of sp³-hybridized carbons (Fsp3) is 0.385. The SMILES string of the molecule is CC(=O)NC(CCC#N)Cc1ccccc1. The van der Waals surface area contributed by atoms with Crippen molar-refractivity contribution >= 4 is 5.91 Å². The van der Waals surface area contributed by atoms with E-state index in [1.54, 1.807) is 0 Å². The van der Waals surface area contributed by atoms with E-state index in [-0.39, 0.29) is 11.9 Å². The summed E-state index contributed by atoms with van der Waals surface area (Å²) in [4.78, 5) is 11.0. The Balaban J connectivity index is 2.56. The highest BCUT2D eigenvalue weighted by Crippen LogP contribution is 2.07. The smallest absolute Gasteiger partial charge is 0.217 e. The van der Waals surface area contributed by atoms with Crippen LogP contribution in [0.1, 0.15) is 25.3 Å². The van der Waals surface area contributed by atoms with Gasteiger partial charge in [-0.1, -0.05) is 30.3 Å². The summed E-state index contributed by atoms with van der Waals surface area (Å²) in [5.74, 6) is -0.0427. The molecule has 0 spiro atoms. The molecule has 1 unspecified atom stereocenters. The Hall–Kier alpha value is -1.82. The quantitative estimate of drug-likeness (QED) is 0.818. The van der Waals surface area contributed by atoms with E-state index in [2.05, 4.69) is 11.4 Å². The number of hydrogen-bond acceptors (Lipinski definition) is 2. The molecule has 0 fully saturated rings. The molecule has 1 N–H and O–H groups in total. The van der Waals surface area contributed by atoms with E-state index in [0.29, 0.717) is 12.8 Å². The Morgan fingerprint density at radius 2 is 2.12 bits per heavy atom. The molecular weight excluding hydrogens is 200 g/mol. The molecule has 3 nitrogen and oxygen atoms in total. The summed E-state index contributed by atoms with van der Waals surface area (Å²) >= 11 is 0. The van der Waals surface area contributed by atoms with Gasteiger partial charge in [-0.3, -0.25) is 4.79 Å². The predicted molar refractivity (Wildman–Crippen MR) is 62.6 cm³/mol. The van der Waals surface area contributed by atoms with E-state index in [1.165, 1.54) is 12.5 Å². The Morgan fingerprint density at radius 1 is 1.44 bits per heavy atom. The molecular formula is C13H16N2O. The second-order valence-electron chi connectivity index (χ2n) is 3.78. The van der Waals surface area contributed by atoms with Gasteiger partial charge in [0.1, 0.15) is 0 Å². The molecule has 1 aromatic carbocycles. The zero-order valence-corrected chi connectivity index (χ0v) is 9.44. The van der Waals surface area contributed by atoms with Gasteiger partial charge in [0.05, 0.1) is 6.07 Å². The Kier molecular flexibility index (Phi) is 5.07. The van der Waals surface area contributed by atoms with Gasteiger partial charge < -0.3 is 5.32 Å². The number of nitrogens with zero attached hydrogens (tertiary/aromatic N) is 1. The van der Waals surface area contributed by atoms with E-state index in [1.807, 2.05) is 30.3 Å². The lowest BCUT2D eigenvalue weighted by Gasteiger charge is -2.16. The molecule has 84 valence electrons. The third-order valence-electron chi connectivity index (χ3n) is 2.34. The zero-order valence-electron chi connectivity index (χ0n) is 9.44. The minimum absolute atomic E-state index is 0.0427. The van der Waals surface area contributed by atoms with Crippen molar-refractivity contribution in [2.45, 2.75) is 32.2 Å². The third kappa shape index (κ3) is 4.61. The molecule has 3 heteroatoms. The van der Waals surface area contributed by atoms with Crippen LogP contribution < -0.4 is 5.32 Å². The largest absolute Gasteiger partial charge is 0.353 e. The minimum atomic E-state index is -0.0427. The van der Waals surface area contributed by atoms with E-state index in [0.717, 1.165) is 6.42 Å². The molecule has 0 saturated heterocycles. The highest BCUT2D eigenvalue weighted by molar-refractivity contribution is 5.73. The predicted octanol–water partition coefficient (Wildman–Crippen LogP) is 2.04. The minimum Gasteiger partial charge on any atom is -0.353 e. The first kappa shape index (κ1) is 12.3. The summed E-state index contributed by atoms with van der Waals surface area (Å²) in [5.41, 5.74) is 1.18. The van der Waals surface area contributed by atoms with Crippen molar-refractivity contribution in [3.63, 3.8) is 0 Å². The fourth-order valence-electron chi connectivity index (χ4n) is 1.65. The number of benzene rings is 1. The number of hydrogen-bond donors (Lipinski definition) is 1. The van der Waals surface area contributed by atoms with Crippen molar-refractivity contribution in [1.82, 2.24) is 5.32 Å². The maximum Gasteiger partial charge on any atom is 0.217 e. The van der Waals surface area contributed by atoms with E-state index in [9.17, 15) is 4.79 Å². The summed E-state index contributed by atoms with van der Waals surface area (Å²) in [7, 11) is 0. The van der Waals surface area contributed by atoms with Gasteiger partial charge in [0.25, 0.3) is 0 Å². The van der Waals surface area contributed by atoms with Crippen LogP contribution in [0.3, 0.4) is 0 Å². The van der Waals surface area contributed by atoms with Gasteiger partial charge in [0.2, 0.25) is 5.91 Å². The molecule has 0 radical (unpaired) electrons. The number of carbonyl (C=O) groups is 1. The van der Waals surface area contributed by atoms with Gasteiger partial charge in [0.15, 0.2) is 0 Å². The molecule has 0 aromatic heterocycles.